The van der Waals surface area contributed by atoms with E-state index in [4.69, 9.17) is 26.4 Å². The van der Waals surface area contributed by atoms with Gasteiger partial charge in [0.2, 0.25) is 0 Å². The maximum absolute atomic E-state index is 5.77. The summed E-state index contributed by atoms with van der Waals surface area (Å²) in [6.45, 7) is 1.40. The van der Waals surface area contributed by atoms with Crippen molar-refractivity contribution in [1.82, 2.24) is 14.8 Å². The van der Waals surface area contributed by atoms with Crippen molar-refractivity contribution in [2.75, 3.05) is 13.2 Å². The molecular weight excluding hydrogens is 326 g/mol. The molecule has 0 saturated carbocycles. The smallest absolute Gasteiger partial charge is 0.199 e. The molecule has 1 aromatic heterocycles. The molecule has 0 atom stereocenters. The first-order chi connectivity index (χ1) is 11.8. The number of ether oxygens (including phenoxy) is 3. The molecule has 24 heavy (non-hydrogen) atoms. The van der Waals surface area contributed by atoms with E-state index in [0.29, 0.717) is 36.2 Å². The molecule has 1 aliphatic heterocycles. The van der Waals surface area contributed by atoms with Crippen LogP contribution in [0, 0.1) is 4.77 Å². The van der Waals surface area contributed by atoms with Gasteiger partial charge in [-0.25, -0.2) is 0 Å². The van der Waals surface area contributed by atoms with Crippen molar-refractivity contribution in [1.29, 1.82) is 0 Å². The van der Waals surface area contributed by atoms with Crippen LogP contribution in [0.1, 0.15) is 5.82 Å². The average Bonchev–Trinajstić information content (AvgIpc) is 3.01. The van der Waals surface area contributed by atoms with Crippen LogP contribution < -0.4 is 14.2 Å². The van der Waals surface area contributed by atoms with Gasteiger partial charge in [0.15, 0.2) is 22.1 Å². The third kappa shape index (κ3) is 2.85. The number of nitrogens with zero attached hydrogens (tertiary/aromatic N) is 2. The average molecular weight is 341 g/mol. The highest BCUT2D eigenvalue weighted by atomic mass is 32.1. The fourth-order valence-corrected chi connectivity index (χ4v) is 2.78. The number of hydrogen-bond acceptors (Lipinski definition) is 5. The SMILES string of the molecule is S=c1[nH]nc(COc2ccccc2)n1-c1ccc2c(c1)OCCO2. The van der Waals surface area contributed by atoms with Gasteiger partial charge in [-0.05, 0) is 36.5 Å². The van der Waals surface area contributed by atoms with Crippen LogP contribution >= 0.6 is 12.2 Å². The summed E-state index contributed by atoms with van der Waals surface area (Å²) in [7, 11) is 0. The topological polar surface area (TPSA) is 61.3 Å². The van der Waals surface area contributed by atoms with Crippen molar-refractivity contribution in [3.8, 4) is 22.9 Å². The predicted molar refractivity (Wildman–Crippen MR) is 90.5 cm³/mol. The minimum atomic E-state index is 0.297. The van der Waals surface area contributed by atoms with Crippen LogP contribution in [0.4, 0.5) is 0 Å². The van der Waals surface area contributed by atoms with Gasteiger partial charge < -0.3 is 14.2 Å². The van der Waals surface area contributed by atoms with E-state index in [2.05, 4.69) is 10.2 Å². The second kappa shape index (κ2) is 6.37. The summed E-state index contributed by atoms with van der Waals surface area (Å²) < 4.78 is 19.3. The predicted octanol–water partition coefficient (Wildman–Crippen LogP) is 3.28. The van der Waals surface area contributed by atoms with Crippen LogP contribution in [0.2, 0.25) is 0 Å². The number of nitrogens with one attached hydrogen (secondary N) is 1. The Balaban J connectivity index is 1.64. The van der Waals surface area contributed by atoms with Crippen LogP contribution in [-0.2, 0) is 6.61 Å². The zero-order valence-corrected chi connectivity index (χ0v) is 13.6. The Kier molecular flexibility index (Phi) is 3.92. The molecule has 0 unspecified atom stereocenters. The fourth-order valence-electron chi connectivity index (χ4n) is 2.53. The van der Waals surface area contributed by atoms with Crippen molar-refractivity contribution in [3.63, 3.8) is 0 Å². The van der Waals surface area contributed by atoms with Crippen molar-refractivity contribution in [2.24, 2.45) is 0 Å². The van der Waals surface area contributed by atoms with E-state index in [1.165, 1.54) is 0 Å². The first-order valence-corrected chi connectivity index (χ1v) is 7.96. The van der Waals surface area contributed by atoms with E-state index in [9.17, 15) is 0 Å². The number of H-pyrrole nitrogens is 1. The first-order valence-electron chi connectivity index (χ1n) is 7.55. The molecule has 6 nitrogen and oxygen atoms in total. The highest BCUT2D eigenvalue weighted by molar-refractivity contribution is 7.71. The number of para-hydroxylation sites is 1. The van der Waals surface area contributed by atoms with E-state index in [1.54, 1.807) is 0 Å². The zero-order valence-electron chi connectivity index (χ0n) is 12.8. The summed E-state index contributed by atoms with van der Waals surface area (Å²) in [6.07, 6.45) is 0. The molecule has 1 aliphatic rings. The highest BCUT2D eigenvalue weighted by Gasteiger charge is 2.15. The second-order valence-electron chi connectivity index (χ2n) is 5.21. The van der Waals surface area contributed by atoms with Gasteiger partial charge in [0.25, 0.3) is 0 Å². The lowest BCUT2D eigenvalue weighted by atomic mass is 10.2. The van der Waals surface area contributed by atoms with Crippen molar-refractivity contribution in [3.05, 3.63) is 59.1 Å². The van der Waals surface area contributed by atoms with Crippen molar-refractivity contribution >= 4 is 12.2 Å². The summed E-state index contributed by atoms with van der Waals surface area (Å²) >= 11 is 5.36. The van der Waals surface area contributed by atoms with Crippen LogP contribution in [0.15, 0.2) is 48.5 Å². The summed E-state index contributed by atoms with van der Waals surface area (Å²) in [4.78, 5) is 0. The fraction of sp³-hybridized carbons (Fsp3) is 0.176. The van der Waals surface area contributed by atoms with E-state index in [0.717, 1.165) is 17.2 Å². The van der Waals surface area contributed by atoms with Crippen LogP contribution in [0.5, 0.6) is 17.2 Å². The number of fused-ring (bicyclic) bond motifs is 1. The van der Waals surface area contributed by atoms with Crippen molar-refractivity contribution in [2.45, 2.75) is 6.61 Å². The molecule has 122 valence electrons. The van der Waals surface area contributed by atoms with Crippen LogP contribution in [-0.4, -0.2) is 28.0 Å². The van der Waals surface area contributed by atoms with Crippen LogP contribution in [0.3, 0.4) is 0 Å². The summed E-state index contributed by atoms with van der Waals surface area (Å²) in [5, 5.41) is 7.08. The van der Waals surface area contributed by atoms with Crippen molar-refractivity contribution < 1.29 is 14.2 Å². The molecule has 0 saturated heterocycles. The highest BCUT2D eigenvalue weighted by Crippen LogP contribution is 2.32. The number of aromatic amines is 1. The maximum Gasteiger partial charge on any atom is 0.199 e. The lowest BCUT2D eigenvalue weighted by Gasteiger charge is -2.19. The lowest BCUT2D eigenvalue weighted by Crippen LogP contribution is -2.15. The normalized spacial score (nSPS) is 12.8. The van der Waals surface area contributed by atoms with Gasteiger partial charge in [-0.15, -0.1) is 0 Å². The number of hydrogen-bond donors (Lipinski definition) is 1. The Bertz CT molecular complexity index is 905. The zero-order chi connectivity index (χ0) is 16.4. The van der Waals surface area contributed by atoms with E-state index in [1.807, 2.05) is 53.1 Å². The molecule has 0 radical (unpaired) electrons. The molecule has 1 N–H and O–H groups in total. The molecular formula is C17H15N3O3S. The van der Waals surface area contributed by atoms with Gasteiger partial charge in [0, 0.05) is 6.07 Å². The minimum absolute atomic E-state index is 0.297. The Morgan fingerprint density at radius 2 is 1.88 bits per heavy atom. The molecule has 0 spiro atoms. The molecule has 0 fully saturated rings. The quantitative estimate of drug-likeness (QED) is 0.738. The second-order valence-corrected chi connectivity index (χ2v) is 5.60. The molecule has 2 heterocycles. The Morgan fingerprint density at radius 3 is 2.71 bits per heavy atom. The van der Waals surface area contributed by atoms with Gasteiger partial charge in [0.1, 0.15) is 25.6 Å². The molecule has 0 bridgehead atoms. The van der Waals surface area contributed by atoms with Crippen LogP contribution in [0.25, 0.3) is 5.69 Å². The number of benzene rings is 2. The largest absolute Gasteiger partial charge is 0.486 e. The lowest BCUT2D eigenvalue weighted by molar-refractivity contribution is 0.171. The summed E-state index contributed by atoms with van der Waals surface area (Å²) in [6, 6.07) is 15.3. The van der Waals surface area contributed by atoms with Gasteiger partial charge >= 0.3 is 0 Å². The Labute approximate surface area is 143 Å². The molecule has 7 heteroatoms. The summed E-state index contributed by atoms with van der Waals surface area (Å²) in [5.74, 6) is 2.90. The Morgan fingerprint density at radius 1 is 1.08 bits per heavy atom. The van der Waals surface area contributed by atoms with E-state index in [-0.39, 0.29) is 0 Å². The van der Waals surface area contributed by atoms with Gasteiger partial charge in [-0.2, -0.15) is 5.10 Å². The van der Waals surface area contributed by atoms with E-state index >= 15 is 0 Å². The summed E-state index contributed by atoms with van der Waals surface area (Å²) in [5.41, 5.74) is 0.852. The Hall–Kier alpha value is -2.80. The first kappa shape index (κ1) is 14.8. The van der Waals surface area contributed by atoms with E-state index < -0.39 is 0 Å². The number of aromatic nitrogens is 3. The minimum Gasteiger partial charge on any atom is -0.486 e. The van der Waals surface area contributed by atoms with Gasteiger partial charge in [-0.1, -0.05) is 18.2 Å². The maximum atomic E-state index is 5.77. The van der Waals surface area contributed by atoms with Gasteiger partial charge in [0.05, 0.1) is 5.69 Å². The van der Waals surface area contributed by atoms with Gasteiger partial charge in [-0.3, -0.25) is 9.67 Å². The molecule has 0 amide bonds. The third-order valence-electron chi connectivity index (χ3n) is 3.64. The molecule has 2 aromatic carbocycles. The standard InChI is InChI=1S/C17H15N3O3S/c24-17-19-18-16(11-23-13-4-2-1-3-5-13)20(17)12-6-7-14-15(10-12)22-9-8-21-14/h1-7,10H,8-9,11H2,(H,19,24). The molecule has 3 aromatic rings. The molecule has 4 rings (SSSR count). The monoisotopic (exact) mass is 341 g/mol. The third-order valence-corrected chi connectivity index (χ3v) is 3.91. The number of rotatable bonds is 4. The molecule has 0 aliphatic carbocycles.